The summed E-state index contributed by atoms with van der Waals surface area (Å²) in [6.07, 6.45) is 9.11. The van der Waals surface area contributed by atoms with Crippen LogP contribution in [0.3, 0.4) is 0 Å². The maximum atomic E-state index is 6.40. The number of hydrogen-bond donors (Lipinski definition) is 0. The van der Waals surface area contributed by atoms with Crippen LogP contribution in [0.5, 0.6) is 0 Å². The van der Waals surface area contributed by atoms with E-state index in [0.717, 1.165) is 17.7 Å². The number of hydrogen-bond acceptors (Lipinski definition) is 2. The molecule has 3 nitrogen and oxygen atoms in total. The second-order valence-corrected chi connectivity index (χ2v) is 8.45. The summed E-state index contributed by atoms with van der Waals surface area (Å²) in [4.78, 5) is 0. The minimum atomic E-state index is -0.885. The normalized spacial score (nSPS) is 11.9. The van der Waals surface area contributed by atoms with Gasteiger partial charge in [-0.15, -0.1) is 0 Å². The Balaban J connectivity index is 0.00000480. The van der Waals surface area contributed by atoms with Crippen LogP contribution in [0.4, 0.5) is 5.69 Å². The lowest BCUT2D eigenvalue weighted by atomic mass is 10.0. The van der Waals surface area contributed by atoms with Gasteiger partial charge in [0.05, 0.1) is 32.9 Å². The number of unbranched alkanes of at least 4 members (excludes halogenated alkanes) is 5. The predicted octanol–water partition coefficient (Wildman–Crippen LogP) is 4.04. The summed E-state index contributed by atoms with van der Waals surface area (Å²) in [5.74, 6) is -0.885. The third-order valence-electron chi connectivity index (χ3n) is 5.96. The van der Waals surface area contributed by atoms with Crippen molar-refractivity contribution in [3.05, 3.63) is 65.7 Å². The van der Waals surface area contributed by atoms with Gasteiger partial charge in [-0.2, -0.15) is 0 Å². The van der Waals surface area contributed by atoms with E-state index in [9.17, 15) is 0 Å². The molecule has 0 fully saturated rings. The zero-order valence-corrected chi connectivity index (χ0v) is 21.0. The third kappa shape index (κ3) is 7.05. The van der Waals surface area contributed by atoms with Gasteiger partial charge in [-0.25, -0.2) is 4.48 Å². The van der Waals surface area contributed by atoms with Crippen molar-refractivity contribution in [2.24, 2.45) is 0 Å². The largest absolute Gasteiger partial charge is 1.00 e. The van der Waals surface area contributed by atoms with Crippen molar-refractivity contribution in [2.45, 2.75) is 71.6 Å². The summed E-state index contributed by atoms with van der Waals surface area (Å²) in [6.45, 7) is 7.49. The van der Waals surface area contributed by atoms with Crippen LogP contribution in [0.1, 0.15) is 70.4 Å². The standard InChI is InChI=1S/C27H42NO2.ClH/c1-6-9-10-11-12-14-17-24-20-22-25(23-21-24)27(29-7-2,30-8-3)28(4,5)26-18-15-13-16-19-26;/h13,15-16,18-23H,6-12,14,17H2,1-5H3;1H/q+1;/p-1. The Morgan fingerprint density at radius 2 is 1.26 bits per heavy atom. The lowest BCUT2D eigenvalue weighted by molar-refractivity contribution is -0.310. The van der Waals surface area contributed by atoms with E-state index in [1.54, 1.807) is 0 Å². The van der Waals surface area contributed by atoms with Crippen LogP contribution in [-0.2, 0) is 21.8 Å². The lowest BCUT2D eigenvalue weighted by Gasteiger charge is -2.46. The van der Waals surface area contributed by atoms with Gasteiger partial charge in [0.1, 0.15) is 5.69 Å². The molecular formula is C27H42ClNO2. The Kier molecular flexibility index (Phi) is 12.4. The smallest absolute Gasteiger partial charge is 0.352 e. The fraction of sp³-hybridized carbons (Fsp3) is 0.556. The van der Waals surface area contributed by atoms with Crippen LogP contribution in [0.25, 0.3) is 0 Å². The molecule has 0 aliphatic heterocycles. The highest BCUT2D eigenvalue weighted by Gasteiger charge is 2.51. The number of benzene rings is 2. The molecule has 0 spiro atoms. The van der Waals surface area contributed by atoms with E-state index >= 15 is 0 Å². The van der Waals surface area contributed by atoms with Crippen molar-refractivity contribution in [2.75, 3.05) is 27.3 Å². The number of ether oxygens (including phenoxy) is 2. The molecule has 0 N–H and O–H groups in total. The van der Waals surface area contributed by atoms with Crippen LogP contribution < -0.4 is 16.9 Å². The maximum absolute atomic E-state index is 6.40. The highest BCUT2D eigenvalue weighted by Crippen LogP contribution is 2.40. The van der Waals surface area contributed by atoms with Gasteiger partial charge in [-0.3, -0.25) is 9.47 Å². The molecule has 0 aliphatic rings. The van der Waals surface area contributed by atoms with Crippen LogP contribution in [0.2, 0.25) is 0 Å². The molecule has 4 heteroatoms. The summed E-state index contributed by atoms with van der Waals surface area (Å²) in [7, 11) is 4.32. The molecule has 0 bridgehead atoms. The van der Waals surface area contributed by atoms with Gasteiger partial charge in [0.25, 0.3) is 0 Å². The Labute approximate surface area is 196 Å². The lowest BCUT2D eigenvalue weighted by Crippen LogP contribution is -3.00. The summed E-state index contributed by atoms with van der Waals surface area (Å²) in [5, 5.41) is 0. The maximum Gasteiger partial charge on any atom is 0.352 e. The van der Waals surface area contributed by atoms with Gasteiger partial charge < -0.3 is 12.4 Å². The van der Waals surface area contributed by atoms with E-state index < -0.39 is 5.91 Å². The predicted molar refractivity (Wildman–Crippen MR) is 129 cm³/mol. The first-order chi connectivity index (χ1) is 14.5. The summed E-state index contributed by atoms with van der Waals surface area (Å²) in [5.41, 5.74) is 3.60. The second kappa shape index (κ2) is 13.9. The Bertz CT molecular complexity index is 710. The molecule has 0 aliphatic carbocycles. The number of para-hydroxylation sites is 1. The number of rotatable bonds is 14. The zero-order valence-electron chi connectivity index (χ0n) is 20.2. The van der Waals surface area contributed by atoms with Crippen molar-refractivity contribution < 1.29 is 21.9 Å². The van der Waals surface area contributed by atoms with E-state index in [0.29, 0.717) is 17.7 Å². The Morgan fingerprint density at radius 3 is 1.81 bits per heavy atom. The fourth-order valence-corrected chi connectivity index (χ4v) is 4.21. The molecule has 0 radical (unpaired) electrons. The molecular weight excluding hydrogens is 406 g/mol. The van der Waals surface area contributed by atoms with E-state index in [1.165, 1.54) is 44.1 Å². The molecule has 0 saturated heterocycles. The Morgan fingerprint density at radius 1 is 0.710 bits per heavy atom. The zero-order chi connectivity index (χ0) is 21.9. The van der Waals surface area contributed by atoms with Crippen molar-refractivity contribution in [1.29, 1.82) is 0 Å². The molecule has 0 amide bonds. The van der Waals surface area contributed by atoms with Gasteiger partial charge in [0, 0.05) is 0 Å². The number of aryl methyl sites for hydroxylation is 1. The summed E-state index contributed by atoms with van der Waals surface area (Å²) >= 11 is 0. The van der Waals surface area contributed by atoms with Crippen molar-refractivity contribution >= 4 is 5.69 Å². The van der Waals surface area contributed by atoms with Crippen molar-refractivity contribution in [3.63, 3.8) is 0 Å². The summed E-state index contributed by atoms with van der Waals surface area (Å²) in [6, 6.07) is 19.4. The number of quaternary nitrogens is 1. The number of halogens is 1. The van der Waals surface area contributed by atoms with Crippen molar-refractivity contribution in [3.8, 4) is 0 Å². The van der Waals surface area contributed by atoms with E-state index in [2.05, 4.69) is 69.6 Å². The molecule has 2 rings (SSSR count). The molecule has 0 heterocycles. The molecule has 31 heavy (non-hydrogen) atoms. The van der Waals surface area contributed by atoms with Crippen LogP contribution >= 0.6 is 0 Å². The third-order valence-corrected chi connectivity index (χ3v) is 5.96. The van der Waals surface area contributed by atoms with Crippen LogP contribution in [0, 0.1) is 0 Å². The van der Waals surface area contributed by atoms with E-state index in [1.807, 2.05) is 19.9 Å². The second-order valence-electron chi connectivity index (χ2n) is 8.45. The minimum Gasteiger partial charge on any atom is -1.00 e. The average Bonchev–Trinajstić information content (AvgIpc) is 2.77. The number of nitrogens with zero attached hydrogens (tertiary/aromatic N) is 1. The van der Waals surface area contributed by atoms with Crippen LogP contribution in [0.15, 0.2) is 54.6 Å². The van der Waals surface area contributed by atoms with E-state index in [4.69, 9.17) is 9.47 Å². The molecule has 0 aromatic heterocycles. The van der Waals surface area contributed by atoms with Gasteiger partial charge in [0.2, 0.25) is 0 Å². The first-order valence-corrected chi connectivity index (χ1v) is 11.8. The SMILES string of the molecule is CCCCCCCCc1ccc(C(OCC)(OCC)[N+](C)(C)c2ccccc2)cc1.[Cl-]. The average molecular weight is 448 g/mol. The van der Waals surface area contributed by atoms with E-state index in [-0.39, 0.29) is 12.4 Å². The quantitative estimate of drug-likeness (QED) is 0.247. The molecule has 2 aromatic rings. The fourth-order valence-electron chi connectivity index (χ4n) is 4.21. The molecule has 174 valence electrons. The molecule has 0 atom stereocenters. The Hall–Kier alpha value is -1.39. The minimum absolute atomic E-state index is 0. The highest BCUT2D eigenvalue weighted by molar-refractivity contribution is 5.44. The van der Waals surface area contributed by atoms with Gasteiger partial charge in [-0.05, 0) is 56.5 Å². The molecule has 0 saturated carbocycles. The van der Waals surface area contributed by atoms with Gasteiger partial charge in [0.15, 0.2) is 0 Å². The first kappa shape index (κ1) is 27.6. The highest BCUT2D eigenvalue weighted by atomic mass is 35.5. The van der Waals surface area contributed by atoms with Gasteiger partial charge >= 0.3 is 5.91 Å². The molecule has 2 aromatic carbocycles. The topological polar surface area (TPSA) is 18.5 Å². The molecule has 0 unspecified atom stereocenters. The van der Waals surface area contributed by atoms with Gasteiger partial charge in [-0.1, -0.05) is 69.4 Å². The monoisotopic (exact) mass is 447 g/mol. The summed E-state index contributed by atoms with van der Waals surface area (Å²) < 4.78 is 13.3. The van der Waals surface area contributed by atoms with Crippen molar-refractivity contribution in [1.82, 2.24) is 4.48 Å². The first-order valence-electron chi connectivity index (χ1n) is 11.8. The van der Waals surface area contributed by atoms with Crippen LogP contribution in [-0.4, -0.2) is 27.3 Å².